The van der Waals surface area contributed by atoms with Crippen LogP contribution < -0.4 is 10.6 Å². The first-order valence-corrected chi connectivity index (χ1v) is 5.84. The Labute approximate surface area is 75.9 Å². The Bertz CT molecular complexity index is 233. The molecule has 1 aliphatic rings. The van der Waals surface area contributed by atoms with Gasteiger partial charge in [0.15, 0.2) is 0 Å². The minimum atomic E-state index is -4.12. The van der Waals surface area contributed by atoms with Crippen molar-refractivity contribution in [1.82, 2.24) is 10.6 Å². The number of hydrogen-bond donors (Lipinski definition) is 4. The number of rotatable bonds is 3. The van der Waals surface area contributed by atoms with Crippen LogP contribution in [-0.2, 0) is 9.36 Å². The minimum absolute atomic E-state index is 0.286. The van der Waals surface area contributed by atoms with E-state index in [1.165, 1.54) is 0 Å². The van der Waals surface area contributed by atoms with Crippen LogP contribution >= 0.6 is 7.60 Å². The molecule has 0 unspecified atom stereocenters. The fourth-order valence-corrected chi connectivity index (χ4v) is 1.57. The maximum atomic E-state index is 11.2. The van der Waals surface area contributed by atoms with Crippen molar-refractivity contribution in [1.29, 1.82) is 0 Å². The van der Waals surface area contributed by atoms with E-state index in [1.54, 1.807) is 0 Å². The Balaban J connectivity index is 2.29. The summed E-state index contributed by atoms with van der Waals surface area (Å²) in [5.41, 5.74) is 0. The third-order valence-electron chi connectivity index (χ3n) is 1.84. The third kappa shape index (κ3) is 3.87. The molecule has 1 rings (SSSR count). The summed E-state index contributed by atoms with van der Waals surface area (Å²) in [6, 6.07) is -0.286. The van der Waals surface area contributed by atoms with Gasteiger partial charge in [0.2, 0.25) is 5.91 Å². The van der Waals surface area contributed by atoms with Gasteiger partial charge in [0, 0.05) is 0 Å². The van der Waals surface area contributed by atoms with Crippen LogP contribution in [0.25, 0.3) is 0 Å². The summed E-state index contributed by atoms with van der Waals surface area (Å²) in [4.78, 5) is 28.1. The molecule has 0 aliphatic carbocycles. The van der Waals surface area contributed by atoms with Gasteiger partial charge in [-0.1, -0.05) is 0 Å². The van der Waals surface area contributed by atoms with Crippen molar-refractivity contribution in [2.75, 3.05) is 12.8 Å². The van der Waals surface area contributed by atoms with Crippen molar-refractivity contribution in [3.63, 3.8) is 0 Å². The lowest BCUT2D eigenvalue weighted by Crippen LogP contribution is -2.40. The van der Waals surface area contributed by atoms with E-state index in [0.29, 0.717) is 0 Å². The molecule has 1 saturated heterocycles. The van der Waals surface area contributed by atoms with E-state index in [0.717, 1.165) is 19.4 Å². The van der Waals surface area contributed by atoms with Crippen molar-refractivity contribution >= 4 is 13.5 Å². The molecule has 1 aliphatic heterocycles. The zero-order chi connectivity index (χ0) is 9.90. The smallest absolute Gasteiger partial charge is 0.343 e. The molecular weight excluding hydrogens is 195 g/mol. The van der Waals surface area contributed by atoms with Gasteiger partial charge in [-0.3, -0.25) is 9.36 Å². The van der Waals surface area contributed by atoms with Crippen molar-refractivity contribution in [2.45, 2.75) is 18.9 Å². The van der Waals surface area contributed by atoms with Gasteiger partial charge in [0.05, 0.1) is 6.04 Å². The van der Waals surface area contributed by atoms with Crippen LogP contribution in [0, 0.1) is 0 Å². The molecule has 1 amide bonds. The average molecular weight is 208 g/mol. The van der Waals surface area contributed by atoms with E-state index in [9.17, 15) is 9.36 Å². The Morgan fingerprint density at radius 2 is 2.31 bits per heavy atom. The van der Waals surface area contributed by atoms with Crippen LogP contribution in [0.2, 0.25) is 0 Å². The van der Waals surface area contributed by atoms with Crippen LogP contribution in [0.1, 0.15) is 12.8 Å². The van der Waals surface area contributed by atoms with Gasteiger partial charge < -0.3 is 20.4 Å². The highest BCUT2D eigenvalue weighted by molar-refractivity contribution is 7.51. The first kappa shape index (κ1) is 10.7. The zero-order valence-corrected chi connectivity index (χ0v) is 7.96. The summed E-state index contributed by atoms with van der Waals surface area (Å²) in [7, 11) is -4.12. The van der Waals surface area contributed by atoms with Crippen molar-refractivity contribution < 1.29 is 19.1 Å². The van der Waals surface area contributed by atoms with E-state index < -0.39 is 13.9 Å². The number of carbonyl (C=O) groups is 1. The van der Waals surface area contributed by atoms with Gasteiger partial charge in [-0.05, 0) is 19.4 Å². The summed E-state index contributed by atoms with van der Waals surface area (Å²) in [5.74, 6) is -0.333. The number of hydrogen-bond acceptors (Lipinski definition) is 3. The average Bonchev–Trinajstić information content (AvgIpc) is 2.50. The molecule has 0 aromatic carbocycles. The maximum Gasteiger partial charge on any atom is 0.344 e. The molecule has 4 N–H and O–H groups in total. The van der Waals surface area contributed by atoms with E-state index in [-0.39, 0.29) is 11.9 Å². The van der Waals surface area contributed by atoms with Gasteiger partial charge in [0.25, 0.3) is 0 Å². The largest absolute Gasteiger partial charge is 0.344 e. The first-order valence-electron chi connectivity index (χ1n) is 4.05. The fraction of sp³-hybridized carbons (Fsp3) is 0.833. The van der Waals surface area contributed by atoms with Crippen LogP contribution in [0.4, 0.5) is 0 Å². The van der Waals surface area contributed by atoms with Gasteiger partial charge >= 0.3 is 7.60 Å². The Morgan fingerprint density at radius 3 is 2.77 bits per heavy atom. The molecule has 7 heteroatoms. The molecule has 1 heterocycles. The Kier molecular flexibility index (Phi) is 3.44. The quantitative estimate of drug-likeness (QED) is 0.445. The standard InChI is InChI=1S/C6H13N2O4P/c9-6(5-2-1-3-7-5)8-4-13(10,11)12/h5,7H,1-4H2,(H,8,9)(H2,10,11,12)/t5-/m0/s1. The van der Waals surface area contributed by atoms with Crippen molar-refractivity contribution in [3.05, 3.63) is 0 Å². The lowest BCUT2D eigenvalue weighted by molar-refractivity contribution is -0.122. The monoisotopic (exact) mass is 208 g/mol. The fourth-order valence-electron chi connectivity index (χ4n) is 1.21. The maximum absolute atomic E-state index is 11.2. The molecule has 76 valence electrons. The highest BCUT2D eigenvalue weighted by atomic mass is 31.2. The second-order valence-corrected chi connectivity index (χ2v) is 4.66. The second-order valence-electron chi connectivity index (χ2n) is 3.01. The molecule has 1 atom stereocenters. The molecular formula is C6H13N2O4P. The summed E-state index contributed by atoms with van der Waals surface area (Å²) in [5, 5.41) is 5.13. The number of carbonyl (C=O) groups excluding carboxylic acids is 1. The van der Waals surface area contributed by atoms with Gasteiger partial charge in [-0.15, -0.1) is 0 Å². The summed E-state index contributed by atoms with van der Waals surface area (Å²) < 4.78 is 10.4. The van der Waals surface area contributed by atoms with Crippen LogP contribution in [-0.4, -0.2) is 34.6 Å². The molecule has 6 nitrogen and oxygen atoms in total. The van der Waals surface area contributed by atoms with Crippen LogP contribution in [0.15, 0.2) is 0 Å². The number of nitrogens with one attached hydrogen (secondary N) is 2. The molecule has 0 aromatic heterocycles. The topological polar surface area (TPSA) is 98.7 Å². The molecule has 0 aromatic rings. The van der Waals surface area contributed by atoms with E-state index in [1.807, 2.05) is 0 Å². The van der Waals surface area contributed by atoms with E-state index in [2.05, 4.69) is 10.6 Å². The van der Waals surface area contributed by atoms with Crippen LogP contribution in [0.3, 0.4) is 0 Å². The third-order valence-corrected chi connectivity index (χ3v) is 2.41. The normalized spacial score (nSPS) is 23.1. The molecule has 1 fully saturated rings. The second kappa shape index (κ2) is 4.19. The van der Waals surface area contributed by atoms with Crippen molar-refractivity contribution in [3.8, 4) is 0 Å². The predicted octanol–water partition coefficient (Wildman–Crippen LogP) is -1.01. The highest BCUT2D eigenvalue weighted by Crippen LogP contribution is 2.31. The first-order chi connectivity index (χ1) is 5.99. The molecule has 0 spiro atoms. The van der Waals surface area contributed by atoms with Crippen LogP contribution in [0.5, 0.6) is 0 Å². The molecule has 0 radical (unpaired) electrons. The summed E-state index contributed by atoms with van der Waals surface area (Å²) >= 11 is 0. The molecule has 13 heavy (non-hydrogen) atoms. The lowest BCUT2D eigenvalue weighted by atomic mass is 10.2. The number of amides is 1. The minimum Gasteiger partial charge on any atom is -0.343 e. The summed E-state index contributed by atoms with van der Waals surface area (Å²) in [6.07, 6.45) is 1.07. The molecule has 0 saturated carbocycles. The van der Waals surface area contributed by atoms with E-state index >= 15 is 0 Å². The predicted molar refractivity (Wildman–Crippen MR) is 46.1 cm³/mol. The van der Waals surface area contributed by atoms with Gasteiger partial charge in [0.1, 0.15) is 6.29 Å². The Hall–Kier alpha value is -0.420. The van der Waals surface area contributed by atoms with Gasteiger partial charge in [-0.2, -0.15) is 0 Å². The van der Waals surface area contributed by atoms with E-state index in [4.69, 9.17) is 9.79 Å². The van der Waals surface area contributed by atoms with Gasteiger partial charge in [-0.25, -0.2) is 0 Å². The summed E-state index contributed by atoms with van der Waals surface area (Å²) in [6.45, 7) is 0.786. The highest BCUT2D eigenvalue weighted by Gasteiger charge is 2.23. The SMILES string of the molecule is O=C(NCP(=O)(O)O)[C@@H]1CCCN1. The molecule has 0 bridgehead atoms. The zero-order valence-electron chi connectivity index (χ0n) is 7.06. The van der Waals surface area contributed by atoms with Crippen molar-refractivity contribution in [2.24, 2.45) is 0 Å². The lowest BCUT2D eigenvalue weighted by Gasteiger charge is -2.11. The Morgan fingerprint density at radius 1 is 1.62 bits per heavy atom.